The molecule has 2 atom stereocenters. The normalized spacial score (nSPS) is 41.0. The maximum atomic E-state index is 2.40. The minimum Gasteiger partial charge on any atom is -0.222 e. The van der Waals surface area contributed by atoms with Gasteiger partial charge in [-0.2, -0.15) is 0 Å². The lowest BCUT2D eigenvalue weighted by Gasteiger charge is -1.93. The lowest BCUT2D eigenvalue weighted by molar-refractivity contribution is 0.330. The van der Waals surface area contributed by atoms with E-state index >= 15 is 0 Å². The highest BCUT2D eigenvalue weighted by atomic mass is 15.9. The van der Waals surface area contributed by atoms with Crippen LogP contribution in [0.2, 0.25) is 0 Å². The molecule has 1 heterocycles. The van der Waals surface area contributed by atoms with Crippen LogP contribution in [0.4, 0.5) is 0 Å². The van der Waals surface area contributed by atoms with E-state index in [4.69, 9.17) is 0 Å². The van der Waals surface area contributed by atoms with E-state index in [1.165, 1.54) is 19.5 Å². The standard InChI is InChI=1S/C7H16N2/c1-4-7-8(5-2)9(7)6-3/h7H,4-6H2,1-3H3. The smallest absolute Gasteiger partial charge is 0.0891 e. The number of hydrogen-bond donors (Lipinski definition) is 0. The zero-order valence-corrected chi connectivity index (χ0v) is 6.59. The quantitative estimate of drug-likeness (QED) is 0.528. The van der Waals surface area contributed by atoms with Gasteiger partial charge in [0.25, 0.3) is 0 Å². The van der Waals surface area contributed by atoms with Gasteiger partial charge in [0.05, 0.1) is 6.17 Å². The van der Waals surface area contributed by atoms with Gasteiger partial charge in [-0.1, -0.05) is 20.8 Å². The van der Waals surface area contributed by atoms with Crippen molar-refractivity contribution in [2.75, 3.05) is 13.1 Å². The fourth-order valence-corrected chi connectivity index (χ4v) is 1.50. The summed E-state index contributed by atoms with van der Waals surface area (Å²) in [5.41, 5.74) is 0. The summed E-state index contributed by atoms with van der Waals surface area (Å²) in [6.45, 7) is 9.00. The largest absolute Gasteiger partial charge is 0.222 e. The zero-order chi connectivity index (χ0) is 6.85. The van der Waals surface area contributed by atoms with Gasteiger partial charge in [0, 0.05) is 13.1 Å². The maximum absolute atomic E-state index is 2.40. The molecule has 0 aromatic carbocycles. The fraction of sp³-hybridized carbons (Fsp3) is 1.00. The molecule has 0 aromatic rings. The van der Waals surface area contributed by atoms with Gasteiger partial charge in [-0.25, -0.2) is 10.0 Å². The van der Waals surface area contributed by atoms with Crippen LogP contribution in [0, 0.1) is 0 Å². The first-order valence-corrected chi connectivity index (χ1v) is 3.88. The topological polar surface area (TPSA) is 6.02 Å². The van der Waals surface area contributed by atoms with Crippen LogP contribution in [0.15, 0.2) is 0 Å². The first kappa shape index (κ1) is 7.03. The molecular weight excluding hydrogens is 112 g/mol. The average Bonchev–Trinajstić information content (AvgIpc) is 2.59. The Morgan fingerprint density at radius 2 is 1.44 bits per heavy atom. The maximum Gasteiger partial charge on any atom is 0.0891 e. The summed E-state index contributed by atoms with van der Waals surface area (Å²) in [7, 11) is 0. The molecule has 0 N–H and O–H groups in total. The summed E-state index contributed by atoms with van der Waals surface area (Å²) >= 11 is 0. The summed E-state index contributed by atoms with van der Waals surface area (Å²) in [6.07, 6.45) is 2.03. The Labute approximate surface area is 57.4 Å². The third-order valence-corrected chi connectivity index (χ3v) is 1.98. The van der Waals surface area contributed by atoms with E-state index in [0.717, 1.165) is 6.17 Å². The van der Waals surface area contributed by atoms with Crippen LogP contribution in [0.3, 0.4) is 0 Å². The molecule has 1 rings (SSSR count). The summed E-state index contributed by atoms with van der Waals surface area (Å²) < 4.78 is 0. The van der Waals surface area contributed by atoms with Crippen LogP contribution >= 0.6 is 0 Å². The molecule has 0 aliphatic carbocycles. The van der Waals surface area contributed by atoms with Crippen molar-refractivity contribution in [3.8, 4) is 0 Å². The van der Waals surface area contributed by atoms with Crippen molar-refractivity contribution in [2.24, 2.45) is 0 Å². The Morgan fingerprint density at radius 1 is 1.00 bits per heavy atom. The zero-order valence-electron chi connectivity index (χ0n) is 6.59. The average molecular weight is 128 g/mol. The van der Waals surface area contributed by atoms with Crippen molar-refractivity contribution < 1.29 is 0 Å². The van der Waals surface area contributed by atoms with Crippen LogP contribution in [0.5, 0.6) is 0 Å². The van der Waals surface area contributed by atoms with Crippen molar-refractivity contribution in [1.29, 1.82) is 0 Å². The Bertz CT molecular complexity index is 67.9. The van der Waals surface area contributed by atoms with E-state index in [-0.39, 0.29) is 0 Å². The van der Waals surface area contributed by atoms with Crippen molar-refractivity contribution in [3.63, 3.8) is 0 Å². The van der Waals surface area contributed by atoms with Gasteiger partial charge in [-0.3, -0.25) is 0 Å². The van der Waals surface area contributed by atoms with E-state index in [2.05, 4.69) is 30.8 Å². The van der Waals surface area contributed by atoms with Crippen molar-refractivity contribution in [3.05, 3.63) is 0 Å². The first-order chi connectivity index (χ1) is 4.35. The minimum atomic E-state index is 0.764. The van der Waals surface area contributed by atoms with Gasteiger partial charge in [0.2, 0.25) is 0 Å². The molecule has 2 unspecified atom stereocenters. The van der Waals surface area contributed by atoms with Gasteiger partial charge in [0.1, 0.15) is 0 Å². The molecule has 1 fully saturated rings. The molecule has 1 saturated heterocycles. The highest BCUT2D eigenvalue weighted by Crippen LogP contribution is 2.26. The summed E-state index contributed by atoms with van der Waals surface area (Å²) in [4.78, 5) is 0. The highest BCUT2D eigenvalue weighted by molar-refractivity contribution is 4.79. The molecule has 1 aliphatic heterocycles. The molecule has 2 nitrogen and oxygen atoms in total. The van der Waals surface area contributed by atoms with E-state index in [1.54, 1.807) is 0 Å². The van der Waals surface area contributed by atoms with Crippen LogP contribution < -0.4 is 0 Å². The van der Waals surface area contributed by atoms with Crippen molar-refractivity contribution in [1.82, 2.24) is 10.0 Å². The second-order valence-corrected chi connectivity index (χ2v) is 2.40. The highest BCUT2D eigenvalue weighted by Gasteiger charge is 2.40. The molecular formula is C7H16N2. The van der Waals surface area contributed by atoms with Gasteiger partial charge in [0.15, 0.2) is 0 Å². The molecule has 0 bridgehead atoms. The van der Waals surface area contributed by atoms with Crippen molar-refractivity contribution >= 4 is 0 Å². The molecule has 2 heteroatoms. The van der Waals surface area contributed by atoms with Gasteiger partial charge in [-0.15, -0.1) is 0 Å². The van der Waals surface area contributed by atoms with Gasteiger partial charge in [-0.05, 0) is 6.42 Å². The van der Waals surface area contributed by atoms with Crippen LogP contribution in [-0.4, -0.2) is 29.3 Å². The van der Waals surface area contributed by atoms with Crippen LogP contribution in [-0.2, 0) is 0 Å². The van der Waals surface area contributed by atoms with Gasteiger partial charge >= 0.3 is 0 Å². The number of rotatable bonds is 3. The second-order valence-electron chi connectivity index (χ2n) is 2.40. The van der Waals surface area contributed by atoms with E-state index in [0.29, 0.717) is 0 Å². The van der Waals surface area contributed by atoms with E-state index in [1.807, 2.05) is 0 Å². The Morgan fingerprint density at radius 3 is 1.56 bits per heavy atom. The molecule has 0 saturated carbocycles. The van der Waals surface area contributed by atoms with Crippen LogP contribution in [0.1, 0.15) is 27.2 Å². The summed E-state index contributed by atoms with van der Waals surface area (Å²) in [5.74, 6) is 0. The Balaban J connectivity index is 2.26. The summed E-state index contributed by atoms with van der Waals surface area (Å²) in [5, 5.41) is 4.81. The molecule has 0 amide bonds. The lowest BCUT2D eigenvalue weighted by Crippen LogP contribution is -2.04. The predicted octanol–water partition coefficient (Wildman–Crippen LogP) is 1.29. The Hall–Kier alpha value is -0.0800. The minimum absolute atomic E-state index is 0.764. The third-order valence-electron chi connectivity index (χ3n) is 1.98. The molecule has 0 radical (unpaired) electrons. The molecule has 9 heavy (non-hydrogen) atoms. The number of hydrogen-bond acceptors (Lipinski definition) is 2. The third kappa shape index (κ3) is 1.10. The molecule has 0 aromatic heterocycles. The number of hydrazine groups is 1. The molecule has 1 aliphatic rings. The van der Waals surface area contributed by atoms with Gasteiger partial charge < -0.3 is 0 Å². The SMILES string of the molecule is CCC1N(CC)N1CC. The second kappa shape index (κ2) is 2.67. The Kier molecular flexibility index (Phi) is 2.09. The predicted molar refractivity (Wildman–Crippen MR) is 38.8 cm³/mol. The monoisotopic (exact) mass is 128 g/mol. The van der Waals surface area contributed by atoms with Crippen molar-refractivity contribution in [2.45, 2.75) is 33.4 Å². The first-order valence-electron chi connectivity index (χ1n) is 3.88. The van der Waals surface area contributed by atoms with Crippen LogP contribution in [0.25, 0.3) is 0 Å². The van der Waals surface area contributed by atoms with E-state index < -0.39 is 0 Å². The number of nitrogens with zero attached hydrogens (tertiary/aromatic N) is 2. The fourth-order valence-electron chi connectivity index (χ4n) is 1.50. The molecule has 0 spiro atoms. The van der Waals surface area contributed by atoms with E-state index in [9.17, 15) is 0 Å². The molecule has 54 valence electrons. The lowest BCUT2D eigenvalue weighted by atomic mass is 10.4. The summed E-state index contributed by atoms with van der Waals surface area (Å²) in [6, 6.07) is 0.